The number of carbonyl (C=O) groups excluding carboxylic acids is 3. The highest BCUT2D eigenvalue weighted by molar-refractivity contribution is 8.00. The van der Waals surface area contributed by atoms with Crippen molar-refractivity contribution in [2.75, 3.05) is 19.1 Å². The van der Waals surface area contributed by atoms with E-state index >= 15 is 0 Å². The molecule has 11 heteroatoms. The van der Waals surface area contributed by atoms with Crippen LogP contribution in [0.15, 0.2) is 55.1 Å². The normalized spacial score (nSPS) is 24.6. The predicted octanol–water partition coefficient (Wildman–Crippen LogP) is 4.18. The van der Waals surface area contributed by atoms with Gasteiger partial charge in [-0.25, -0.2) is 4.79 Å². The molecule has 0 unspecified atom stereocenters. The first-order valence-corrected chi connectivity index (χ1v) is 17.3. The Morgan fingerprint density at radius 2 is 1.83 bits per heavy atom. The van der Waals surface area contributed by atoms with E-state index in [0.717, 1.165) is 40.7 Å². The van der Waals surface area contributed by atoms with E-state index in [1.165, 1.54) is 16.7 Å². The molecule has 2 aromatic rings. The number of amides is 3. The summed E-state index contributed by atoms with van der Waals surface area (Å²) in [6.07, 6.45) is 1.10. The van der Waals surface area contributed by atoms with Gasteiger partial charge in [0.1, 0.15) is 12.1 Å². The van der Waals surface area contributed by atoms with Gasteiger partial charge < -0.3 is 34.9 Å². The lowest BCUT2D eigenvalue weighted by atomic mass is 9.96. The van der Waals surface area contributed by atoms with E-state index in [4.69, 9.17) is 14.2 Å². The van der Waals surface area contributed by atoms with Gasteiger partial charge in [0.05, 0.1) is 18.5 Å². The molecule has 0 spiro atoms. The molecule has 254 valence electrons. The molecule has 3 heterocycles. The summed E-state index contributed by atoms with van der Waals surface area (Å²) in [5, 5.41) is 17.4. The standard InChI is InChI=1S/C36H47N3O7S/c1-6-9-24-13-15-25(16-14-24)18-28(38-35(43)46-29-20-45-34-26(29)12-8-17-44-34)30(40)33(42)39-21-47-36(4,5)31(39)32(41)37-19-27-22(2)10-7-11-23(27)3/h6-7,10-11,13-16,26,28-31,34,40H,1,8-9,12,17-21H2,2-5H3,(H,37,41)(H,38,43)/t26-,28-,29-,30-,31+,34+/m0/s1. The number of rotatable bonds is 11. The number of thioether (sulfide) groups is 1. The monoisotopic (exact) mass is 665 g/mol. The number of carbonyl (C=O) groups is 3. The minimum Gasteiger partial charge on any atom is -0.443 e. The molecule has 5 rings (SSSR count). The fourth-order valence-corrected chi connectivity index (χ4v) is 7.84. The smallest absolute Gasteiger partial charge is 0.407 e. The Labute approximate surface area is 281 Å². The van der Waals surface area contributed by atoms with Crippen molar-refractivity contribution in [2.24, 2.45) is 5.92 Å². The van der Waals surface area contributed by atoms with Gasteiger partial charge in [-0.1, -0.05) is 48.5 Å². The second kappa shape index (κ2) is 15.2. The average Bonchev–Trinajstić information content (AvgIpc) is 3.60. The van der Waals surface area contributed by atoms with Crippen LogP contribution in [-0.2, 0) is 43.2 Å². The number of nitrogens with one attached hydrogen (secondary N) is 2. The van der Waals surface area contributed by atoms with E-state index < -0.39 is 47.3 Å². The number of benzene rings is 2. The number of aliphatic hydroxyl groups is 1. The summed E-state index contributed by atoms with van der Waals surface area (Å²) in [6, 6.07) is 11.9. The fourth-order valence-electron chi connectivity index (χ4n) is 6.70. The maximum atomic E-state index is 14.1. The zero-order valence-corrected chi connectivity index (χ0v) is 28.5. The summed E-state index contributed by atoms with van der Waals surface area (Å²) in [4.78, 5) is 42.5. The zero-order valence-electron chi connectivity index (χ0n) is 27.7. The summed E-state index contributed by atoms with van der Waals surface area (Å²) in [5.74, 6) is -0.770. The Hall–Kier alpha value is -3.38. The van der Waals surface area contributed by atoms with Crippen LogP contribution in [0.3, 0.4) is 0 Å². The summed E-state index contributed by atoms with van der Waals surface area (Å²) in [6.45, 7) is 12.8. The minimum atomic E-state index is -1.63. The molecule has 0 saturated carbocycles. The van der Waals surface area contributed by atoms with Crippen LogP contribution < -0.4 is 10.6 Å². The van der Waals surface area contributed by atoms with E-state index in [0.29, 0.717) is 19.6 Å². The van der Waals surface area contributed by atoms with Crippen molar-refractivity contribution in [1.29, 1.82) is 0 Å². The highest BCUT2D eigenvalue weighted by atomic mass is 32.2. The molecule has 47 heavy (non-hydrogen) atoms. The van der Waals surface area contributed by atoms with Crippen molar-refractivity contribution in [2.45, 2.75) is 95.3 Å². The highest BCUT2D eigenvalue weighted by Crippen LogP contribution is 2.40. The molecular weight excluding hydrogens is 618 g/mol. The summed E-state index contributed by atoms with van der Waals surface area (Å²) >= 11 is 1.47. The Morgan fingerprint density at radius 3 is 2.53 bits per heavy atom. The van der Waals surface area contributed by atoms with Gasteiger partial charge in [-0.05, 0) is 81.2 Å². The van der Waals surface area contributed by atoms with Crippen molar-refractivity contribution in [3.05, 3.63) is 82.9 Å². The molecule has 3 N–H and O–H groups in total. The molecule has 10 nitrogen and oxygen atoms in total. The van der Waals surface area contributed by atoms with Gasteiger partial charge in [-0.3, -0.25) is 9.59 Å². The highest BCUT2D eigenvalue weighted by Gasteiger charge is 2.50. The van der Waals surface area contributed by atoms with Crippen molar-refractivity contribution in [1.82, 2.24) is 15.5 Å². The van der Waals surface area contributed by atoms with Crippen molar-refractivity contribution in [3.8, 4) is 0 Å². The number of aryl methyl sites for hydroxylation is 2. The molecule has 3 aliphatic rings. The topological polar surface area (TPSA) is 126 Å². The SMILES string of the molecule is C=CCc1ccc(C[C@H](NC(=O)O[C@H]2CO[C@H]3OCCC[C@H]32)[C@H](O)C(=O)N2CSC(C)(C)[C@H]2C(=O)NCc2c(C)cccc2C)cc1. The van der Waals surface area contributed by atoms with Crippen LogP contribution in [0.5, 0.6) is 0 Å². The first kappa shape index (κ1) is 34.9. The number of nitrogens with zero attached hydrogens (tertiary/aromatic N) is 1. The zero-order chi connectivity index (χ0) is 33.7. The number of ether oxygens (including phenoxy) is 3. The minimum absolute atomic E-state index is 0.0662. The molecule has 2 aromatic carbocycles. The number of fused-ring (bicyclic) bond motifs is 1. The molecule has 3 amide bonds. The second-order valence-corrected chi connectivity index (χ2v) is 14.8. The molecule has 3 fully saturated rings. The molecule has 0 aromatic heterocycles. The van der Waals surface area contributed by atoms with E-state index in [-0.39, 0.29) is 30.7 Å². The van der Waals surface area contributed by atoms with Crippen LogP contribution in [0.2, 0.25) is 0 Å². The Morgan fingerprint density at radius 1 is 1.13 bits per heavy atom. The molecule has 6 atom stereocenters. The molecule has 0 radical (unpaired) electrons. The van der Waals surface area contributed by atoms with E-state index in [9.17, 15) is 19.5 Å². The van der Waals surface area contributed by atoms with E-state index in [1.54, 1.807) is 0 Å². The summed E-state index contributed by atoms with van der Waals surface area (Å²) < 4.78 is 16.5. The lowest BCUT2D eigenvalue weighted by Gasteiger charge is -2.33. The predicted molar refractivity (Wildman–Crippen MR) is 181 cm³/mol. The van der Waals surface area contributed by atoms with Crippen molar-refractivity contribution in [3.63, 3.8) is 0 Å². The van der Waals surface area contributed by atoms with Gasteiger partial charge in [-0.15, -0.1) is 18.3 Å². The maximum absolute atomic E-state index is 14.1. The van der Waals surface area contributed by atoms with Crippen LogP contribution in [0.4, 0.5) is 4.79 Å². The van der Waals surface area contributed by atoms with Gasteiger partial charge in [0.2, 0.25) is 5.91 Å². The quantitative estimate of drug-likeness (QED) is 0.306. The Bertz CT molecular complexity index is 1430. The number of allylic oxidation sites excluding steroid dienone is 1. The Balaban J connectivity index is 1.32. The first-order valence-electron chi connectivity index (χ1n) is 16.3. The lowest BCUT2D eigenvalue weighted by molar-refractivity contribution is -0.152. The van der Waals surface area contributed by atoms with Gasteiger partial charge >= 0.3 is 6.09 Å². The van der Waals surface area contributed by atoms with Gasteiger partial charge in [0.25, 0.3) is 5.91 Å². The second-order valence-electron chi connectivity index (χ2n) is 13.2. The number of hydrogen-bond donors (Lipinski definition) is 3. The first-order chi connectivity index (χ1) is 22.5. The molecule has 3 saturated heterocycles. The van der Waals surface area contributed by atoms with Crippen LogP contribution in [0, 0.1) is 19.8 Å². The molecule has 0 bridgehead atoms. The summed E-state index contributed by atoms with van der Waals surface area (Å²) in [7, 11) is 0. The number of aliphatic hydroxyl groups excluding tert-OH is 1. The lowest BCUT2D eigenvalue weighted by Crippen LogP contribution is -2.58. The van der Waals surface area contributed by atoms with Gasteiger partial charge in [-0.2, -0.15) is 0 Å². The Kier molecular flexibility index (Phi) is 11.3. The third kappa shape index (κ3) is 8.20. The maximum Gasteiger partial charge on any atom is 0.407 e. The van der Waals surface area contributed by atoms with Gasteiger partial charge in [0, 0.05) is 23.8 Å². The fraction of sp³-hybridized carbons (Fsp3) is 0.528. The van der Waals surface area contributed by atoms with E-state index in [2.05, 4.69) is 17.2 Å². The number of hydrogen-bond acceptors (Lipinski definition) is 8. The summed E-state index contributed by atoms with van der Waals surface area (Å²) in [5.41, 5.74) is 5.06. The molecular formula is C36H47N3O7S. The molecule has 0 aliphatic carbocycles. The third-order valence-corrected chi connectivity index (χ3v) is 10.8. The van der Waals surface area contributed by atoms with Crippen LogP contribution in [0.25, 0.3) is 0 Å². The largest absolute Gasteiger partial charge is 0.443 e. The van der Waals surface area contributed by atoms with Crippen LogP contribution >= 0.6 is 11.8 Å². The van der Waals surface area contributed by atoms with E-state index in [1.807, 2.05) is 76.2 Å². The molecule has 3 aliphatic heterocycles. The van der Waals surface area contributed by atoms with Crippen molar-refractivity contribution >= 4 is 29.7 Å². The number of alkyl carbamates (subject to hydrolysis) is 1. The van der Waals surface area contributed by atoms with Crippen LogP contribution in [-0.4, -0.2) is 82.3 Å². The third-order valence-electron chi connectivity index (χ3n) is 9.43. The van der Waals surface area contributed by atoms with Crippen LogP contribution in [0.1, 0.15) is 54.5 Å². The average molecular weight is 666 g/mol. The van der Waals surface area contributed by atoms with Gasteiger partial charge in [0.15, 0.2) is 12.4 Å². The van der Waals surface area contributed by atoms with Crippen molar-refractivity contribution < 1.29 is 33.7 Å².